The fourth-order valence-corrected chi connectivity index (χ4v) is 2.26. The summed E-state index contributed by atoms with van der Waals surface area (Å²) >= 11 is 0. The molecule has 1 rings (SSSR count). The molecule has 0 radical (unpaired) electrons. The fourth-order valence-electron chi connectivity index (χ4n) is 2.26. The van der Waals surface area contributed by atoms with Gasteiger partial charge in [0.25, 0.3) is 0 Å². The van der Waals surface area contributed by atoms with Crippen molar-refractivity contribution in [3.63, 3.8) is 0 Å². The highest BCUT2D eigenvalue weighted by Crippen LogP contribution is 2.23. The normalized spacial score (nSPS) is 20.4. The summed E-state index contributed by atoms with van der Waals surface area (Å²) in [5.41, 5.74) is -0.644. The number of nitrogens with one attached hydrogen (secondary N) is 1. The molecule has 1 atom stereocenters. The molecule has 22 heavy (non-hydrogen) atoms. The Hall–Kier alpha value is -1.05. The maximum atomic E-state index is 12.9. The van der Waals surface area contributed by atoms with Crippen LogP contribution in [0.5, 0.6) is 0 Å². The molecule has 0 aromatic heterocycles. The van der Waals surface area contributed by atoms with Crippen LogP contribution in [-0.2, 0) is 4.74 Å². The Labute approximate surface area is 128 Å². The first-order chi connectivity index (χ1) is 10.0. The lowest BCUT2D eigenvalue weighted by Crippen LogP contribution is -2.51. The van der Waals surface area contributed by atoms with Gasteiger partial charge in [-0.1, -0.05) is 0 Å². The van der Waals surface area contributed by atoms with Crippen LogP contribution in [0.3, 0.4) is 0 Å². The largest absolute Gasteiger partial charge is 0.444 e. The van der Waals surface area contributed by atoms with E-state index in [1.165, 1.54) is 4.90 Å². The minimum absolute atomic E-state index is 0.0432. The van der Waals surface area contributed by atoms with E-state index in [0.717, 1.165) is 12.8 Å². The molecule has 0 spiro atoms. The number of carbonyl (C=O) groups is 1. The van der Waals surface area contributed by atoms with Gasteiger partial charge in [-0.05, 0) is 40.0 Å². The minimum Gasteiger partial charge on any atom is -0.444 e. The van der Waals surface area contributed by atoms with Gasteiger partial charge in [0, 0.05) is 19.1 Å². The van der Waals surface area contributed by atoms with E-state index in [2.05, 4.69) is 5.32 Å². The Morgan fingerprint density at radius 1 is 1.32 bits per heavy atom. The summed E-state index contributed by atoms with van der Waals surface area (Å²) in [5, 5.41) is 2.34. The first-order valence-corrected chi connectivity index (χ1v) is 7.39. The molecule has 1 fully saturated rings. The van der Waals surface area contributed by atoms with Crippen LogP contribution >= 0.6 is 0 Å². The van der Waals surface area contributed by atoms with Crippen molar-refractivity contribution in [2.75, 3.05) is 19.6 Å². The molecule has 8 heteroatoms. The molecule has 1 aliphatic heterocycles. The quantitative estimate of drug-likeness (QED) is 0.788. The maximum Gasteiger partial charge on any atom is 0.410 e. The molecule has 1 heterocycles. The van der Waals surface area contributed by atoms with Crippen LogP contribution in [0.15, 0.2) is 0 Å². The fraction of sp³-hybridized carbons (Fsp3) is 0.929. The van der Waals surface area contributed by atoms with E-state index >= 15 is 0 Å². The zero-order valence-corrected chi connectivity index (χ0v) is 13.2. The van der Waals surface area contributed by atoms with Gasteiger partial charge in [0.1, 0.15) is 5.60 Å². The Morgan fingerprint density at radius 2 is 1.95 bits per heavy atom. The van der Waals surface area contributed by atoms with Crippen LogP contribution in [-0.4, -0.2) is 54.6 Å². The smallest absolute Gasteiger partial charge is 0.410 e. The van der Waals surface area contributed by atoms with Gasteiger partial charge in [-0.25, -0.2) is 13.6 Å². The van der Waals surface area contributed by atoms with Gasteiger partial charge in [-0.15, -0.1) is 0 Å². The number of nitrogens with zero attached hydrogens (tertiary/aromatic N) is 1. The molecular weight excluding hydrogens is 304 g/mol. The number of carbonyl (C=O) groups excluding carboxylic acids is 1. The van der Waals surface area contributed by atoms with Crippen LogP contribution < -0.4 is 5.32 Å². The number of amides is 1. The lowest BCUT2D eigenvalue weighted by molar-refractivity contribution is -0.125. The Morgan fingerprint density at radius 3 is 2.50 bits per heavy atom. The predicted molar refractivity (Wildman–Crippen MR) is 74.4 cm³/mol. The van der Waals surface area contributed by atoms with E-state index in [-0.39, 0.29) is 12.6 Å². The molecule has 1 amide bonds. The Kier molecular flexibility index (Phi) is 6.46. The highest BCUT2D eigenvalue weighted by atomic mass is 19.3. The highest BCUT2D eigenvalue weighted by molar-refractivity contribution is 5.68. The van der Waals surface area contributed by atoms with E-state index in [9.17, 15) is 22.4 Å². The lowest BCUT2D eigenvalue weighted by Gasteiger charge is -2.37. The Bertz CT molecular complexity index is 372. The number of rotatable bonds is 5. The summed E-state index contributed by atoms with van der Waals surface area (Å²) in [6.45, 7) is 4.64. The molecular formula is C14H24F4N2O2. The third-order valence-electron chi connectivity index (χ3n) is 3.32. The number of piperidine rings is 1. The van der Waals surface area contributed by atoms with Gasteiger partial charge in [-0.2, -0.15) is 8.78 Å². The van der Waals surface area contributed by atoms with Gasteiger partial charge in [0.2, 0.25) is 0 Å². The zero-order chi connectivity index (χ0) is 17.0. The molecule has 4 nitrogen and oxygen atoms in total. The van der Waals surface area contributed by atoms with Crippen LogP contribution in [0, 0.1) is 0 Å². The number of hydrogen-bond donors (Lipinski definition) is 1. The second kappa shape index (κ2) is 7.48. The van der Waals surface area contributed by atoms with E-state index in [0.29, 0.717) is 13.0 Å². The first kappa shape index (κ1) is 19.0. The standard InChI is InChI=1S/C14H24F4N2O2/c1-13(2,3)22-12(21)20-7-5-4-6-10(20)8-19-9-14(17,18)11(15)16/h10-11,19H,4-9H2,1-3H3. The monoisotopic (exact) mass is 328 g/mol. The average molecular weight is 328 g/mol. The highest BCUT2D eigenvalue weighted by Gasteiger charge is 2.40. The average Bonchev–Trinajstić information content (AvgIpc) is 2.36. The molecule has 1 saturated heterocycles. The van der Waals surface area contributed by atoms with E-state index in [1.54, 1.807) is 20.8 Å². The van der Waals surface area contributed by atoms with Crippen LogP contribution in [0.2, 0.25) is 0 Å². The lowest BCUT2D eigenvalue weighted by atomic mass is 10.0. The number of alkyl halides is 4. The third kappa shape index (κ3) is 5.98. The summed E-state index contributed by atoms with van der Waals surface area (Å²) in [6.07, 6.45) is -1.90. The topological polar surface area (TPSA) is 41.6 Å². The third-order valence-corrected chi connectivity index (χ3v) is 3.32. The minimum atomic E-state index is -4.06. The molecule has 1 N–H and O–H groups in total. The van der Waals surface area contributed by atoms with E-state index < -0.39 is 30.6 Å². The molecule has 0 aliphatic carbocycles. The molecule has 1 aliphatic rings. The molecule has 130 valence electrons. The van der Waals surface area contributed by atoms with Crippen molar-refractivity contribution in [3.05, 3.63) is 0 Å². The van der Waals surface area contributed by atoms with Crippen molar-refractivity contribution >= 4 is 6.09 Å². The Balaban J connectivity index is 2.54. The van der Waals surface area contributed by atoms with Crippen LogP contribution in [0.25, 0.3) is 0 Å². The van der Waals surface area contributed by atoms with Crippen LogP contribution in [0.1, 0.15) is 40.0 Å². The van der Waals surface area contributed by atoms with Gasteiger partial charge in [0.15, 0.2) is 0 Å². The summed E-state index contributed by atoms with van der Waals surface area (Å²) in [7, 11) is 0. The van der Waals surface area contributed by atoms with Gasteiger partial charge >= 0.3 is 18.4 Å². The molecule has 0 saturated carbocycles. The predicted octanol–water partition coefficient (Wildman–Crippen LogP) is 3.27. The first-order valence-electron chi connectivity index (χ1n) is 7.39. The second-order valence-corrected chi connectivity index (χ2v) is 6.52. The van der Waals surface area contributed by atoms with Gasteiger partial charge in [-0.3, -0.25) is 0 Å². The van der Waals surface area contributed by atoms with E-state index in [4.69, 9.17) is 4.74 Å². The summed E-state index contributed by atoms with van der Waals surface area (Å²) < 4.78 is 55.2. The molecule has 0 aromatic carbocycles. The molecule has 1 unspecified atom stereocenters. The molecule has 0 bridgehead atoms. The zero-order valence-electron chi connectivity index (χ0n) is 13.2. The summed E-state index contributed by atoms with van der Waals surface area (Å²) in [5.74, 6) is -4.06. The number of hydrogen-bond acceptors (Lipinski definition) is 3. The van der Waals surface area contributed by atoms with Gasteiger partial charge in [0.05, 0.1) is 6.54 Å². The van der Waals surface area contributed by atoms with Crippen molar-refractivity contribution in [2.45, 2.75) is 64.0 Å². The van der Waals surface area contributed by atoms with Crippen molar-refractivity contribution in [2.24, 2.45) is 0 Å². The van der Waals surface area contributed by atoms with Crippen LogP contribution in [0.4, 0.5) is 22.4 Å². The number of likely N-dealkylation sites (tertiary alicyclic amines) is 1. The summed E-state index contributed by atoms with van der Waals surface area (Å²) in [6, 6.07) is -0.322. The van der Waals surface area contributed by atoms with E-state index in [1.807, 2.05) is 0 Å². The van der Waals surface area contributed by atoms with Gasteiger partial charge < -0.3 is 15.0 Å². The van der Waals surface area contributed by atoms with Crippen molar-refractivity contribution < 1.29 is 27.1 Å². The number of halogens is 4. The van der Waals surface area contributed by atoms with Crippen molar-refractivity contribution in [3.8, 4) is 0 Å². The SMILES string of the molecule is CC(C)(C)OC(=O)N1CCCCC1CNCC(F)(F)C(F)F. The molecule has 0 aromatic rings. The van der Waals surface area contributed by atoms with Crippen molar-refractivity contribution in [1.82, 2.24) is 10.2 Å². The van der Waals surface area contributed by atoms with Crippen molar-refractivity contribution in [1.29, 1.82) is 0 Å². The maximum absolute atomic E-state index is 12.9. The number of ether oxygens (including phenoxy) is 1. The summed E-state index contributed by atoms with van der Waals surface area (Å²) in [4.78, 5) is 13.6. The second-order valence-electron chi connectivity index (χ2n) is 6.52.